The Morgan fingerprint density at radius 3 is 2.49 bits per heavy atom. The van der Waals surface area contributed by atoms with Gasteiger partial charge in [-0.3, -0.25) is 4.90 Å². The Morgan fingerprint density at radius 2 is 1.76 bits per heavy atom. The smallest absolute Gasteiger partial charge is 0.343 e. The van der Waals surface area contributed by atoms with Crippen molar-refractivity contribution in [2.24, 2.45) is 0 Å². The van der Waals surface area contributed by atoms with E-state index >= 15 is 0 Å². The second-order valence-electron chi connectivity index (χ2n) is 9.14. The molecule has 2 unspecified atom stereocenters. The van der Waals surface area contributed by atoms with E-state index in [9.17, 15) is 9.18 Å². The first-order chi connectivity index (χ1) is 18.0. The van der Waals surface area contributed by atoms with Crippen LogP contribution in [0.3, 0.4) is 0 Å². The fourth-order valence-electron chi connectivity index (χ4n) is 5.78. The third-order valence-corrected chi connectivity index (χ3v) is 7.33. The molecule has 3 heterocycles. The van der Waals surface area contributed by atoms with E-state index in [1.165, 1.54) is 26.4 Å². The Balaban J connectivity index is 1.60. The number of nitrogens with zero attached hydrogens (tertiary/aromatic N) is 1. The van der Waals surface area contributed by atoms with Crippen LogP contribution in [0.1, 0.15) is 39.2 Å². The number of halogens is 1. The molecule has 9 heteroatoms. The van der Waals surface area contributed by atoms with Gasteiger partial charge in [-0.1, -0.05) is 18.2 Å². The predicted octanol–water partition coefficient (Wildman–Crippen LogP) is 4.69. The molecule has 0 radical (unpaired) electrons. The lowest BCUT2D eigenvalue weighted by atomic mass is 9.81. The van der Waals surface area contributed by atoms with Gasteiger partial charge in [-0.15, -0.1) is 0 Å². The van der Waals surface area contributed by atoms with Crippen LogP contribution >= 0.6 is 0 Å². The summed E-state index contributed by atoms with van der Waals surface area (Å²) in [4.78, 5) is 15.3. The monoisotopic (exact) mass is 507 g/mol. The summed E-state index contributed by atoms with van der Waals surface area (Å²) in [5, 5.41) is 0. The second-order valence-corrected chi connectivity index (χ2v) is 9.14. The van der Waals surface area contributed by atoms with Crippen LogP contribution in [-0.2, 0) is 11.2 Å². The van der Waals surface area contributed by atoms with E-state index in [2.05, 4.69) is 4.90 Å². The predicted molar refractivity (Wildman–Crippen MR) is 131 cm³/mol. The van der Waals surface area contributed by atoms with Gasteiger partial charge in [-0.25, -0.2) is 9.18 Å². The first kappa shape index (κ1) is 23.4. The third kappa shape index (κ3) is 3.41. The summed E-state index contributed by atoms with van der Waals surface area (Å²) in [5.41, 5.74) is 4.24. The van der Waals surface area contributed by atoms with Gasteiger partial charge in [0.2, 0.25) is 12.5 Å². The maximum Gasteiger partial charge on any atom is 0.343 e. The zero-order valence-corrected chi connectivity index (χ0v) is 20.9. The lowest BCUT2D eigenvalue weighted by molar-refractivity contribution is 0.00877. The van der Waals surface area contributed by atoms with Crippen LogP contribution in [0.4, 0.5) is 4.39 Å². The first-order valence-electron chi connectivity index (χ1n) is 11.9. The molecule has 0 aromatic heterocycles. The number of esters is 1. The van der Waals surface area contributed by atoms with Crippen LogP contribution in [0.15, 0.2) is 36.4 Å². The highest BCUT2D eigenvalue weighted by molar-refractivity contribution is 5.98. The molecule has 3 aromatic rings. The Kier molecular flexibility index (Phi) is 5.60. The van der Waals surface area contributed by atoms with E-state index in [0.717, 1.165) is 16.7 Å². The molecule has 8 nitrogen and oxygen atoms in total. The highest BCUT2D eigenvalue weighted by Gasteiger charge is 2.47. The van der Waals surface area contributed by atoms with Crippen molar-refractivity contribution in [2.75, 3.05) is 41.7 Å². The Morgan fingerprint density at radius 1 is 0.973 bits per heavy atom. The summed E-state index contributed by atoms with van der Waals surface area (Å²) in [6.45, 7) is 0.690. The molecule has 0 bridgehead atoms. The molecule has 0 fully saturated rings. The molecule has 37 heavy (non-hydrogen) atoms. The summed E-state index contributed by atoms with van der Waals surface area (Å²) < 4.78 is 49.0. The van der Waals surface area contributed by atoms with E-state index in [0.29, 0.717) is 58.4 Å². The van der Waals surface area contributed by atoms with Crippen LogP contribution in [0.5, 0.6) is 28.7 Å². The van der Waals surface area contributed by atoms with Crippen LogP contribution in [-0.4, -0.2) is 52.6 Å². The molecule has 6 rings (SSSR count). The van der Waals surface area contributed by atoms with Gasteiger partial charge in [0.25, 0.3) is 0 Å². The summed E-state index contributed by atoms with van der Waals surface area (Å²) in [7, 11) is 6.57. The zero-order valence-electron chi connectivity index (χ0n) is 20.9. The van der Waals surface area contributed by atoms with E-state index in [4.69, 9.17) is 28.4 Å². The maximum atomic E-state index is 14.3. The molecule has 192 valence electrons. The number of rotatable bonds is 5. The Labute approximate surface area is 213 Å². The van der Waals surface area contributed by atoms with Gasteiger partial charge >= 0.3 is 5.97 Å². The van der Waals surface area contributed by atoms with Crippen molar-refractivity contribution >= 4 is 5.97 Å². The summed E-state index contributed by atoms with van der Waals surface area (Å²) in [6.07, 6.45) is 0.00155. The van der Waals surface area contributed by atoms with Crippen LogP contribution in [0.2, 0.25) is 0 Å². The summed E-state index contributed by atoms with van der Waals surface area (Å²) >= 11 is 0. The lowest BCUT2D eigenvalue weighted by Gasteiger charge is -2.39. The number of hydrogen-bond donors (Lipinski definition) is 0. The minimum Gasteiger partial charge on any atom is -0.493 e. The fourth-order valence-corrected chi connectivity index (χ4v) is 5.78. The normalized spacial score (nSPS) is 19.8. The molecule has 0 amide bonds. The van der Waals surface area contributed by atoms with Crippen LogP contribution in [0, 0.1) is 5.82 Å². The largest absolute Gasteiger partial charge is 0.493 e. The van der Waals surface area contributed by atoms with Crippen LogP contribution < -0.4 is 23.7 Å². The molecule has 0 saturated heterocycles. The lowest BCUT2D eigenvalue weighted by Crippen LogP contribution is -2.36. The van der Waals surface area contributed by atoms with Crippen molar-refractivity contribution in [1.29, 1.82) is 0 Å². The summed E-state index contributed by atoms with van der Waals surface area (Å²) in [5.74, 6) is 1.46. The number of benzene rings is 3. The molecule has 2 atom stereocenters. The van der Waals surface area contributed by atoms with Crippen molar-refractivity contribution in [1.82, 2.24) is 4.90 Å². The van der Waals surface area contributed by atoms with E-state index in [1.54, 1.807) is 19.2 Å². The standard InChI is InChI=1S/C28H26FNO7/c1-30-11-10-16-19(14-6-5-7-15(29)12-14)26-27(36-13-35-26)25(34-4)20(16)22(30)23-17-8-9-18(32-2)24(33-3)21(17)28(31)37-23/h5-9,12,22-23H,10-11,13H2,1-4H3. The second kappa shape index (κ2) is 8.85. The van der Waals surface area contributed by atoms with Gasteiger partial charge in [0, 0.05) is 23.2 Å². The molecule has 3 aliphatic rings. The number of hydrogen-bond acceptors (Lipinski definition) is 8. The van der Waals surface area contributed by atoms with Gasteiger partial charge in [0.1, 0.15) is 17.5 Å². The van der Waals surface area contributed by atoms with Crippen LogP contribution in [0.25, 0.3) is 11.1 Å². The molecule has 0 aliphatic carbocycles. The number of carbonyl (C=O) groups is 1. The third-order valence-electron chi connectivity index (χ3n) is 7.33. The average molecular weight is 508 g/mol. The number of ether oxygens (including phenoxy) is 6. The van der Waals surface area contributed by atoms with Gasteiger partial charge in [-0.2, -0.15) is 0 Å². The highest BCUT2D eigenvalue weighted by atomic mass is 19.1. The SMILES string of the molecule is COc1ccc2c(c1OC)C(=O)OC2C1c2c(c(-c3cccc(F)c3)c3c(c2OC)OCO3)CCN1C. The maximum absolute atomic E-state index is 14.3. The number of cyclic esters (lactones) is 1. The highest BCUT2D eigenvalue weighted by Crippen LogP contribution is 2.58. The quantitative estimate of drug-likeness (QED) is 0.461. The van der Waals surface area contributed by atoms with Gasteiger partial charge in [-0.05, 0) is 42.8 Å². The van der Waals surface area contributed by atoms with Crippen molar-refractivity contribution < 1.29 is 37.6 Å². The minimum atomic E-state index is -0.652. The van der Waals surface area contributed by atoms with Crippen molar-refractivity contribution in [3.8, 4) is 39.9 Å². The van der Waals surface area contributed by atoms with Gasteiger partial charge < -0.3 is 28.4 Å². The van der Waals surface area contributed by atoms with E-state index in [-0.39, 0.29) is 12.6 Å². The molecule has 0 spiro atoms. The molecule has 0 saturated carbocycles. The minimum absolute atomic E-state index is 0.0235. The molecule has 3 aromatic carbocycles. The summed E-state index contributed by atoms with van der Waals surface area (Å²) in [6, 6.07) is 9.60. The Hall–Kier alpha value is -3.98. The number of methoxy groups -OCH3 is 3. The van der Waals surface area contributed by atoms with E-state index < -0.39 is 18.1 Å². The average Bonchev–Trinajstić information content (AvgIpc) is 3.51. The number of likely N-dealkylation sites (N-methyl/N-ethyl adjacent to an activating group) is 1. The van der Waals surface area contributed by atoms with Crippen molar-refractivity contribution in [3.63, 3.8) is 0 Å². The molecule has 3 aliphatic heterocycles. The first-order valence-corrected chi connectivity index (χ1v) is 11.9. The van der Waals surface area contributed by atoms with Crippen molar-refractivity contribution in [3.05, 3.63) is 64.5 Å². The fraction of sp³-hybridized carbons (Fsp3) is 0.321. The topological polar surface area (TPSA) is 75.7 Å². The molecular formula is C28H26FNO7. The van der Waals surface area contributed by atoms with E-state index in [1.807, 2.05) is 19.2 Å². The molecular weight excluding hydrogens is 481 g/mol. The van der Waals surface area contributed by atoms with Gasteiger partial charge in [0.05, 0.1) is 27.4 Å². The molecule has 0 N–H and O–H groups in total. The van der Waals surface area contributed by atoms with Crippen molar-refractivity contribution in [2.45, 2.75) is 18.6 Å². The zero-order chi connectivity index (χ0) is 25.8. The Bertz CT molecular complexity index is 1420. The van der Waals surface area contributed by atoms with Gasteiger partial charge in [0.15, 0.2) is 23.0 Å². The number of fused-ring (bicyclic) bond motifs is 3. The number of carbonyl (C=O) groups excluding carboxylic acids is 1.